The van der Waals surface area contributed by atoms with Crippen LogP contribution >= 0.6 is 35.4 Å². The number of rotatable bonds is 5. The highest BCUT2D eigenvalue weighted by molar-refractivity contribution is 7.71. The molecule has 8 heteroatoms. The zero-order chi connectivity index (χ0) is 16.4. The zero-order valence-electron chi connectivity index (χ0n) is 12.3. The summed E-state index contributed by atoms with van der Waals surface area (Å²) in [7, 11) is 0. The van der Waals surface area contributed by atoms with Crippen molar-refractivity contribution in [2.24, 2.45) is 0 Å². The number of halogens is 2. The summed E-state index contributed by atoms with van der Waals surface area (Å²) in [6, 6.07) is 9.02. The van der Waals surface area contributed by atoms with E-state index in [9.17, 15) is 0 Å². The predicted octanol–water partition coefficient (Wildman–Crippen LogP) is 4.81. The molecule has 0 fully saturated rings. The molecular formula is C15H14Cl2N4OS. The summed E-state index contributed by atoms with van der Waals surface area (Å²) in [6.07, 6.45) is 0.766. The highest BCUT2D eigenvalue weighted by atomic mass is 35.5. The monoisotopic (exact) mass is 368 g/mol. The van der Waals surface area contributed by atoms with Gasteiger partial charge in [-0.05, 0) is 42.5 Å². The van der Waals surface area contributed by atoms with Crippen molar-refractivity contribution in [3.63, 3.8) is 0 Å². The number of hydrogen-bond acceptors (Lipinski definition) is 4. The van der Waals surface area contributed by atoms with Crippen molar-refractivity contribution in [2.75, 3.05) is 5.43 Å². The van der Waals surface area contributed by atoms with E-state index in [0.717, 1.165) is 23.6 Å². The molecule has 0 aliphatic carbocycles. The molecule has 0 radical (unpaired) electrons. The maximum atomic E-state index is 6.19. The minimum absolute atomic E-state index is 0.471. The Morgan fingerprint density at radius 1 is 1.30 bits per heavy atom. The minimum Gasteiger partial charge on any atom is -0.459 e. The molecule has 2 heterocycles. The Labute approximate surface area is 148 Å². The van der Waals surface area contributed by atoms with Crippen molar-refractivity contribution < 1.29 is 4.42 Å². The fraction of sp³-hybridized carbons (Fsp3) is 0.200. The second-order valence-corrected chi connectivity index (χ2v) is 6.09. The second-order valence-electron chi connectivity index (χ2n) is 4.86. The molecule has 5 nitrogen and oxygen atoms in total. The standard InChI is InChI=1S/C15H14Cl2N4OS/c1-2-14-19-20-15(23)21(14)18-8-10-4-6-13(22-10)11-7-9(16)3-5-12(11)17/h3-7,18H,2,8H2,1H3,(H,20,23). The summed E-state index contributed by atoms with van der Waals surface area (Å²) in [4.78, 5) is 0. The van der Waals surface area contributed by atoms with E-state index in [1.165, 1.54) is 0 Å². The van der Waals surface area contributed by atoms with Crippen LogP contribution in [-0.2, 0) is 13.0 Å². The highest BCUT2D eigenvalue weighted by Gasteiger charge is 2.10. The van der Waals surface area contributed by atoms with Crippen molar-refractivity contribution in [1.29, 1.82) is 0 Å². The Kier molecular flexibility index (Phi) is 4.75. The predicted molar refractivity (Wildman–Crippen MR) is 94.0 cm³/mol. The summed E-state index contributed by atoms with van der Waals surface area (Å²) in [5.41, 5.74) is 3.95. The van der Waals surface area contributed by atoms with Crippen LogP contribution in [0.5, 0.6) is 0 Å². The maximum absolute atomic E-state index is 6.19. The van der Waals surface area contributed by atoms with Gasteiger partial charge in [0, 0.05) is 17.0 Å². The summed E-state index contributed by atoms with van der Waals surface area (Å²) >= 11 is 17.4. The number of hydrogen-bond donors (Lipinski definition) is 2. The van der Waals surface area contributed by atoms with Gasteiger partial charge in [-0.2, -0.15) is 5.10 Å². The van der Waals surface area contributed by atoms with Gasteiger partial charge in [0.2, 0.25) is 4.77 Å². The van der Waals surface area contributed by atoms with Gasteiger partial charge in [-0.15, -0.1) is 0 Å². The average molecular weight is 369 g/mol. The number of nitrogens with one attached hydrogen (secondary N) is 2. The normalized spacial score (nSPS) is 10.9. The Balaban J connectivity index is 1.79. The molecule has 2 aromatic heterocycles. The van der Waals surface area contributed by atoms with Gasteiger partial charge in [-0.3, -0.25) is 5.10 Å². The lowest BCUT2D eigenvalue weighted by Crippen LogP contribution is -2.16. The fourth-order valence-electron chi connectivity index (χ4n) is 2.19. The molecule has 1 aromatic carbocycles. The van der Waals surface area contributed by atoms with Gasteiger partial charge in [0.15, 0.2) is 5.82 Å². The van der Waals surface area contributed by atoms with E-state index in [1.54, 1.807) is 22.9 Å². The van der Waals surface area contributed by atoms with E-state index in [4.69, 9.17) is 39.8 Å². The largest absolute Gasteiger partial charge is 0.459 e. The van der Waals surface area contributed by atoms with Crippen LogP contribution in [0.3, 0.4) is 0 Å². The Morgan fingerprint density at radius 2 is 2.13 bits per heavy atom. The molecule has 2 N–H and O–H groups in total. The first-order chi connectivity index (χ1) is 11.1. The van der Waals surface area contributed by atoms with Crippen molar-refractivity contribution in [3.05, 3.63) is 56.7 Å². The fourth-order valence-corrected chi connectivity index (χ4v) is 2.79. The molecule has 0 aliphatic heterocycles. The number of aromatic amines is 1. The van der Waals surface area contributed by atoms with Crippen LogP contribution in [0.4, 0.5) is 0 Å². The Morgan fingerprint density at radius 3 is 2.91 bits per heavy atom. The van der Waals surface area contributed by atoms with Gasteiger partial charge < -0.3 is 9.84 Å². The number of furan rings is 1. The molecule has 3 rings (SSSR count). The van der Waals surface area contributed by atoms with Crippen LogP contribution < -0.4 is 5.43 Å². The van der Waals surface area contributed by atoms with Gasteiger partial charge in [0.25, 0.3) is 0 Å². The lowest BCUT2D eigenvalue weighted by atomic mass is 10.2. The van der Waals surface area contributed by atoms with E-state index in [0.29, 0.717) is 27.1 Å². The highest BCUT2D eigenvalue weighted by Crippen LogP contribution is 2.31. The molecule has 0 atom stereocenters. The Hall–Kier alpha value is -1.76. The first-order valence-electron chi connectivity index (χ1n) is 7.02. The number of H-pyrrole nitrogens is 1. The topological polar surface area (TPSA) is 58.8 Å². The van der Waals surface area contributed by atoms with Crippen LogP contribution in [0.2, 0.25) is 10.0 Å². The quantitative estimate of drug-likeness (QED) is 0.634. The molecule has 3 aromatic rings. The first kappa shape index (κ1) is 16.1. The van der Waals surface area contributed by atoms with Crippen molar-refractivity contribution >= 4 is 35.4 Å². The van der Waals surface area contributed by atoms with E-state index in [2.05, 4.69) is 15.6 Å². The number of aromatic nitrogens is 3. The Bertz CT molecular complexity index is 884. The summed E-state index contributed by atoms with van der Waals surface area (Å²) in [5, 5.41) is 8.10. The third-order valence-corrected chi connectivity index (χ3v) is 4.16. The molecule has 0 saturated carbocycles. The van der Waals surface area contributed by atoms with Crippen LogP contribution in [0, 0.1) is 4.77 Å². The molecule has 0 aliphatic rings. The molecular weight excluding hydrogens is 355 g/mol. The van der Waals surface area contributed by atoms with Crippen LogP contribution in [0.25, 0.3) is 11.3 Å². The lowest BCUT2D eigenvalue weighted by molar-refractivity contribution is 0.521. The molecule has 0 amide bonds. The molecule has 0 spiro atoms. The third-order valence-electron chi connectivity index (χ3n) is 3.32. The number of benzene rings is 1. The van der Waals surface area contributed by atoms with Gasteiger partial charge in [0.1, 0.15) is 11.5 Å². The van der Waals surface area contributed by atoms with Crippen LogP contribution in [-0.4, -0.2) is 14.9 Å². The minimum atomic E-state index is 0.471. The number of aryl methyl sites for hydroxylation is 1. The second kappa shape index (κ2) is 6.78. The molecule has 23 heavy (non-hydrogen) atoms. The number of nitrogens with zero attached hydrogens (tertiary/aromatic N) is 2. The zero-order valence-corrected chi connectivity index (χ0v) is 14.6. The van der Waals surface area contributed by atoms with Gasteiger partial charge in [-0.1, -0.05) is 30.1 Å². The van der Waals surface area contributed by atoms with E-state index in [-0.39, 0.29) is 0 Å². The van der Waals surface area contributed by atoms with Gasteiger partial charge >= 0.3 is 0 Å². The van der Waals surface area contributed by atoms with Crippen LogP contribution in [0.1, 0.15) is 18.5 Å². The molecule has 0 unspecified atom stereocenters. The van der Waals surface area contributed by atoms with Crippen molar-refractivity contribution in [2.45, 2.75) is 19.9 Å². The van der Waals surface area contributed by atoms with Gasteiger partial charge in [0.05, 0.1) is 11.6 Å². The third kappa shape index (κ3) is 3.44. The van der Waals surface area contributed by atoms with E-state index in [1.807, 2.05) is 19.1 Å². The summed E-state index contributed by atoms with van der Waals surface area (Å²) in [6.45, 7) is 2.48. The lowest BCUT2D eigenvalue weighted by Gasteiger charge is -2.07. The van der Waals surface area contributed by atoms with Crippen LogP contribution in [0.15, 0.2) is 34.7 Å². The average Bonchev–Trinajstić information content (AvgIpc) is 3.14. The molecule has 0 saturated heterocycles. The van der Waals surface area contributed by atoms with Gasteiger partial charge in [-0.25, -0.2) is 4.68 Å². The summed E-state index contributed by atoms with van der Waals surface area (Å²) < 4.78 is 8.09. The van der Waals surface area contributed by atoms with Crippen molar-refractivity contribution in [1.82, 2.24) is 14.9 Å². The smallest absolute Gasteiger partial charge is 0.214 e. The van der Waals surface area contributed by atoms with E-state index < -0.39 is 0 Å². The SMILES string of the molecule is CCc1n[nH]c(=S)n1NCc1ccc(-c2cc(Cl)ccc2Cl)o1. The molecule has 0 bridgehead atoms. The first-order valence-corrected chi connectivity index (χ1v) is 8.19. The van der Waals surface area contributed by atoms with Crippen molar-refractivity contribution in [3.8, 4) is 11.3 Å². The maximum Gasteiger partial charge on any atom is 0.214 e. The summed E-state index contributed by atoms with van der Waals surface area (Å²) in [5.74, 6) is 2.25. The van der Waals surface area contributed by atoms with E-state index >= 15 is 0 Å². The molecule has 120 valence electrons.